The molecule has 0 amide bonds. The van der Waals surface area contributed by atoms with Gasteiger partial charge >= 0.3 is 0 Å². The van der Waals surface area contributed by atoms with E-state index in [-0.39, 0.29) is 32.3 Å². The third-order valence-corrected chi connectivity index (χ3v) is 5.53. The van der Waals surface area contributed by atoms with Gasteiger partial charge in [-0.1, -0.05) is 0 Å². The molecule has 2 N–H and O–H groups in total. The smallest absolute Gasteiger partial charge is 0.248 e. The van der Waals surface area contributed by atoms with E-state index in [2.05, 4.69) is 0 Å². The van der Waals surface area contributed by atoms with Crippen LogP contribution in [-0.2, 0) is 0 Å². The van der Waals surface area contributed by atoms with E-state index >= 15 is 0 Å². The van der Waals surface area contributed by atoms with Crippen LogP contribution in [0.15, 0.2) is 0 Å². The Bertz CT molecular complexity index is 268. The summed E-state index contributed by atoms with van der Waals surface area (Å²) in [5, 5.41) is 20.3. The summed E-state index contributed by atoms with van der Waals surface area (Å²) in [5.41, 5.74) is -1.64. The Kier molecular flexibility index (Phi) is 3.72. The molecule has 2 aliphatic rings. The summed E-state index contributed by atoms with van der Waals surface area (Å²) in [6.07, 6.45) is 1.19. The summed E-state index contributed by atoms with van der Waals surface area (Å²) in [4.78, 5) is 0. The second kappa shape index (κ2) is 4.67. The zero-order chi connectivity index (χ0) is 12.6. The Morgan fingerprint density at radius 3 is 1.94 bits per heavy atom. The summed E-state index contributed by atoms with van der Waals surface area (Å²) < 4.78 is 26.3. The van der Waals surface area contributed by atoms with Crippen molar-refractivity contribution in [3.63, 3.8) is 0 Å². The summed E-state index contributed by atoms with van der Waals surface area (Å²) in [6.45, 7) is -0.0877. The van der Waals surface area contributed by atoms with Crippen molar-refractivity contribution in [1.82, 2.24) is 0 Å². The van der Waals surface area contributed by atoms with E-state index in [0.717, 1.165) is 24.3 Å². The molecule has 1 heterocycles. The highest BCUT2D eigenvalue weighted by Gasteiger charge is 2.54. The predicted octanol–water partition coefficient (Wildman–Crippen LogP) is 2.43. The maximum atomic E-state index is 13.2. The van der Waals surface area contributed by atoms with Crippen molar-refractivity contribution in [3.05, 3.63) is 0 Å². The molecule has 0 aromatic carbocycles. The second-order valence-electron chi connectivity index (χ2n) is 5.44. The van der Waals surface area contributed by atoms with Gasteiger partial charge in [0, 0.05) is 18.3 Å². The summed E-state index contributed by atoms with van der Waals surface area (Å²) >= 11 is 1.80. The lowest BCUT2D eigenvalue weighted by Crippen LogP contribution is -2.55. The maximum absolute atomic E-state index is 13.2. The van der Waals surface area contributed by atoms with Gasteiger partial charge in [0.2, 0.25) is 5.92 Å². The first-order valence-corrected chi connectivity index (χ1v) is 7.37. The molecule has 0 aromatic heterocycles. The van der Waals surface area contributed by atoms with E-state index in [0.29, 0.717) is 0 Å². The molecule has 0 atom stereocenters. The summed E-state index contributed by atoms with van der Waals surface area (Å²) in [5.74, 6) is -0.829. The number of aliphatic hydroxyl groups excluding tert-OH is 1. The first-order chi connectivity index (χ1) is 7.93. The van der Waals surface area contributed by atoms with E-state index in [9.17, 15) is 19.0 Å². The van der Waals surface area contributed by atoms with Gasteiger partial charge in [0.1, 0.15) is 0 Å². The second-order valence-corrected chi connectivity index (χ2v) is 6.66. The van der Waals surface area contributed by atoms with Crippen LogP contribution in [0.1, 0.15) is 38.5 Å². The van der Waals surface area contributed by atoms with Crippen LogP contribution in [0.5, 0.6) is 0 Å². The molecule has 0 spiro atoms. The van der Waals surface area contributed by atoms with Gasteiger partial charge in [-0.15, -0.1) is 0 Å². The van der Waals surface area contributed by atoms with E-state index in [1.165, 1.54) is 0 Å². The molecule has 2 nitrogen and oxygen atoms in total. The summed E-state index contributed by atoms with van der Waals surface area (Å²) in [6, 6.07) is 0. The van der Waals surface area contributed by atoms with Gasteiger partial charge in [-0.05, 0) is 37.2 Å². The third-order valence-electron chi connectivity index (χ3n) is 4.55. The molecule has 0 unspecified atom stereocenters. The Morgan fingerprint density at radius 1 is 0.941 bits per heavy atom. The van der Waals surface area contributed by atoms with Crippen molar-refractivity contribution < 1.29 is 19.0 Å². The minimum Gasteiger partial charge on any atom is -0.396 e. The van der Waals surface area contributed by atoms with Gasteiger partial charge in [0.25, 0.3) is 0 Å². The van der Waals surface area contributed by atoms with Crippen molar-refractivity contribution in [2.45, 2.75) is 50.0 Å². The van der Waals surface area contributed by atoms with Crippen molar-refractivity contribution in [1.29, 1.82) is 0 Å². The van der Waals surface area contributed by atoms with E-state index < -0.39 is 16.9 Å². The molecule has 1 saturated carbocycles. The Morgan fingerprint density at radius 2 is 1.47 bits per heavy atom. The molecule has 17 heavy (non-hydrogen) atoms. The molecule has 1 aliphatic carbocycles. The number of thioether (sulfide) groups is 1. The van der Waals surface area contributed by atoms with Crippen LogP contribution in [0, 0.1) is 5.41 Å². The topological polar surface area (TPSA) is 40.5 Å². The lowest BCUT2D eigenvalue weighted by Gasteiger charge is -2.51. The minimum atomic E-state index is -2.63. The van der Waals surface area contributed by atoms with Crippen molar-refractivity contribution in [2.24, 2.45) is 5.41 Å². The Labute approximate surface area is 105 Å². The molecule has 2 rings (SSSR count). The molecular formula is C12H20F2O2S. The van der Waals surface area contributed by atoms with Gasteiger partial charge in [-0.25, -0.2) is 8.78 Å². The lowest BCUT2D eigenvalue weighted by atomic mass is 9.62. The van der Waals surface area contributed by atoms with E-state index in [1.54, 1.807) is 11.8 Å². The standard InChI is InChI=1S/C12H20F2O2S/c13-12(14)3-1-11(16,2-4-12)10(9-15)5-7-17-8-6-10/h15-16H,1-9H2. The number of hydrogen-bond acceptors (Lipinski definition) is 3. The number of hydrogen-bond donors (Lipinski definition) is 2. The molecule has 0 bridgehead atoms. The van der Waals surface area contributed by atoms with Gasteiger partial charge in [0.15, 0.2) is 0 Å². The number of halogens is 2. The fourth-order valence-electron chi connectivity index (χ4n) is 3.09. The highest BCUT2D eigenvalue weighted by Crippen LogP contribution is 2.52. The fourth-order valence-corrected chi connectivity index (χ4v) is 4.37. The molecule has 5 heteroatoms. The van der Waals surface area contributed by atoms with Crippen LogP contribution < -0.4 is 0 Å². The molecule has 1 saturated heterocycles. The highest BCUT2D eigenvalue weighted by atomic mass is 32.2. The summed E-state index contributed by atoms with van der Waals surface area (Å²) in [7, 11) is 0. The van der Waals surface area contributed by atoms with Crippen LogP contribution in [0.2, 0.25) is 0 Å². The first kappa shape index (κ1) is 13.6. The zero-order valence-corrected chi connectivity index (χ0v) is 10.7. The number of alkyl halides is 2. The molecule has 0 radical (unpaired) electrons. The van der Waals surface area contributed by atoms with E-state index in [1.807, 2.05) is 0 Å². The quantitative estimate of drug-likeness (QED) is 0.806. The van der Waals surface area contributed by atoms with Crippen LogP contribution in [-0.4, -0.2) is 39.8 Å². The van der Waals surface area contributed by atoms with E-state index in [4.69, 9.17) is 0 Å². The third kappa shape index (κ3) is 2.47. The zero-order valence-electron chi connectivity index (χ0n) is 9.92. The number of rotatable bonds is 2. The fraction of sp³-hybridized carbons (Fsp3) is 1.00. The molecular weight excluding hydrogens is 246 g/mol. The van der Waals surface area contributed by atoms with Crippen molar-refractivity contribution in [3.8, 4) is 0 Å². The van der Waals surface area contributed by atoms with Crippen LogP contribution in [0.25, 0.3) is 0 Å². The SMILES string of the molecule is OCC1(C2(O)CCC(F)(F)CC2)CCSCC1. The van der Waals surface area contributed by atoms with Crippen LogP contribution in [0.4, 0.5) is 8.78 Å². The van der Waals surface area contributed by atoms with Gasteiger partial charge < -0.3 is 10.2 Å². The average molecular weight is 266 g/mol. The van der Waals surface area contributed by atoms with Crippen LogP contribution in [0.3, 0.4) is 0 Å². The van der Waals surface area contributed by atoms with Crippen molar-refractivity contribution >= 4 is 11.8 Å². The first-order valence-electron chi connectivity index (χ1n) is 6.22. The highest BCUT2D eigenvalue weighted by molar-refractivity contribution is 7.99. The van der Waals surface area contributed by atoms with Crippen molar-refractivity contribution in [2.75, 3.05) is 18.1 Å². The number of aliphatic hydroxyl groups is 2. The minimum absolute atomic E-state index is 0.0877. The van der Waals surface area contributed by atoms with Gasteiger partial charge in [0.05, 0.1) is 12.2 Å². The monoisotopic (exact) mass is 266 g/mol. The molecule has 100 valence electrons. The van der Waals surface area contributed by atoms with Gasteiger partial charge in [-0.3, -0.25) is 0 Å². The molecule has 1 aliphatic heterocycles. The van der Waals surface area contributed by atoms with Crippen LogP contribution >= 0.6 is 11.8 Å². The maximum Gasteiger partial charge on any atom is 0.248 e. The lowest BCUT2D eigenvalue weighted by molar-refractivity contribution is -0.174. The predicted molar refractivity (Wildman–Crippen MR) is 64.4 cm³/mol. The normalized spacial score (nSPS) is 31.1. The Balaban J connectivity index is 2.13. The van der Waals surface area contributed by atoms with Gasteiger partial charge in [-0.2, -0.15) is 11.8 Å². The Hall–Kier alpha value is 0.130. The average Bonchev–Trinajstić information content (AvgIpc) is 2.34. The largest absolute Gasteiger partial charge is 0.396 e. The molecule has 0 aromatic rings. The molecule has 2 fully saturated rings.